The van der Waals surface area contributed by atoms with Crippen LogP contribution < -0.4 is 5.11 Å². The quantitative estimate of drug-likeness (QED) is 0.402. The van der Waals surface area contributed by atoms with E-state index in [2.05, 4.69) is 4.98 Å². The smallest absolute Gasteiger partial charge is 0.354 e. The van der Waals surface area contributed by atoms with Crippen molar-refractivity contribution in [3.63, 3.8) is 0 Å². The van der Waals surface area contributed by atoms with Gasteiger partial charge in [-0.3, -0.25) is 4.79 Å². The summed E-state index contributed by atoms with van der Waals surface area (Å²) in [7, 11) is 0. The highest BCUT2D eigenvalue weighted by molar-refractivity contribution is 6.05. The van der Waals surface area contributed by atoms with E-state index < -0.39 is 5.97 Å². The van der Waals surface area contributed by atoms with Crippen molar-refractivity contribution >= 4 is 17.8 Å². The lowest BCUT2D eigenvalue weighted by Crippen LogP contribution is -2.03. The molecule has 0 atom stereocenters. The Kier molecular flexibility index (Phi) is 2.96. The molecule has 5 nitrogen and oxygen atoms in total. The maximum atomic E-state index is 10.5. The van der Waals surface area contributed by atoms with Crippen LogP contribution >= 0.6 is 0 Å². The molecule has 1 aromatic heterocycles. The van der Waals surface area contributed by atoms with Gasteiger partial charge in [-0.15, -0.1) is 6.26 Å². The average Bonchev–Trinajstić information content (AvgIpc) is 2.20. The SMILES string of the molecule is O=C/C(=C/[O-])c1cccc(C(=O)O)n1. The zero-order chi connectivity index (χ0) is 10.6. The number of nitrogens with zero attached hydrogens (tertiary/aromatic N) is 1. The van der Waals surface area contributed by atoms with Crippen LogP contribution in [-0.4, -0.2) is 22.3 Å². The number of pyridine rings is 1. The molecule has 14 heavy (non-hydrogen) atoms. The van der Waals surface area contributed by atoms with E-state index in [1.54, 1.807) is 0 Å². The van der Waals surface area contributed by atoms with Gasteiger partial charge in [0.2, 0.25) is 0 Å². The van der Waals surface area contributed by atoms with Crippen LogP contribution in [-0.2, 0) is 4.79 Å². The zero-order valence-electron chi connectivity index (χ0n) is 7.01. The van der Waals surface area contributed by atoms with Crippen LogP contribution in [0.2, 0.25) is 0 Å². The minimum Gasteiger partial charge on any atom is -0.877 e. The first-order valence-electron chi connectivity index (χ1n) is 3.67. The number of hydrogen-bond acceptors (Lipinski definition) is 4. The number of carboxylic acids is 1. The Morgan fingerprint density at radius 1 is 1.43 bits per heavy atom. The fourth-order valence-electron chi connectivity index (χ4n) is 0.863. The molecular weight excluding hydrogens is 186 g/mol. The van der Waals surface area contributed by atoms with Gasteiger partial charge in [-0.2, -0.15) is 0 Å². The molecule has 1 heterocycles. The highest BCUT2D eigenvalue weighted by Crippen LogP contribution is 2.08. The molecule has 0 unspecified atom stereocenters. The molecule has 0 fully saturated rings. The normalized spacial score (nSPS) is 11.0. The van der Waals surface area contributed by atoms with Gasteiger partial charge in [-0.1, -0.05) is 6.07 Å². The van der Waals surface area contributed by atoms with Crippen LogP contribution in [0.3, 0.4) is 0 Å². The summed E-state index contributed by atoms with van der Waals surface area (Å²) in [6, 6.07) is 4.09. The molecule has 0 saturated heterocycles. The lowest BCUT2D eigenvalue weighted by molar-refractivity contribution is -0.273. The molecule has 0 saturated carbocycles. The number of aromatic carboxylic acids is 1. The van der Waals surface area contributed by atoms with Gasteiger partial charge in [0, 0.05) is 5.57 Å². The van der Waals surface area contributed by atoms with Gasteiger partial charge in [-0.05, 0) is 12.1 Å². The van der Waals surface area contributed by atoms with Crippen molar-refractivity contribution in [1.29, 1.82) is 0 Å². The third-order valence-electron chi connectivity index (χ3n) is 1.52. The summed E-state index contributed by atoms with van der Waals surface area (Å²) in [6.07, 6.45) is 0.669. The highest BCUT2D eigenvalue weighted by atomic mass is 16.4. The second-order valence-electron chi connectivity index (χ2n) is 2.40. The van der Waals surface area contributed by atoms with Crippen molar-refractivity contribution in [2.75, 3.05) is 0 Å². The first-order chi connectivity index (χ1) is 6.69. The van der Waals surface area contributed by atoms with E-state index in [4.69, 9.17) is 5.11 Å². The molecule has 1 rings (SSSR count). The highest BCUT2D eigenvalue weighted by Gasteiger charge is 2.06. The van der Waals surface area contributed by atoms with E-state index >= 15 is 0 Å². The minimum atomic E-state index is -1.21. The molecule has 1 aromatic rings. The largest absolute Gasteiger partial charge is 0.877 e. The average molecular weight is 192 g/mol. The number of aldehydes is 1. The molecule has 0 aliphatic heterocycles. The predicted molar refractivity (Wildman–Crippen MR) is 45.2 cm³/mol. The van der Waals surface area contributed by atoms with Crippen molar-refractivity contribution in [2.45, 2.75) is 0 Å². The number of carbonyl (C=O) groups excluding carboxylic acids is 1. The molecule has 0 bridgehead atoms. The van der Waals surface area contributed by atoms with Crippen molar-refractivity contribution in [3.8, 4) is 0 Å². The summed E-state index contributed by atoms with van der Waals surface area (Å²) < 4.78 is 0. The van der Waals surface area contributed by atoms with Gasteiger partial charge in [0.1, 0.15) is 5.69 Å². The monoisotopic (exact) mass is 192 g/mol. The summed E-state index contributed by atoms with van der Waals surface area (Å²) in [5.74, 6) is -1.21. The van der Waals surface area contributed by atoms with E-state index in [1.165, 1.54) is 18.2 Å². The summed E-state index contributed by atoms with van der Waals surface area (Å²) in [4.78, 5) is 24.5. The van der Waals surface area contributed by atoms with Gasteiger partial charge >= 0.3 is 5.97 Å². The molecule has 0 aromatic carbocycles. The van der Waals surface area contributed by atoms with Crippen molar-refractivity contribution < 1.29 is 19.8 Å². The second-order valence-corrected chi connectivity index (χ2v) is 2.40. The maximum Gasteiger partial charge on any atom is 0.354 e. The molecule has 0 amide bonds. The van der Waals surface area contributed by atoms with Gasteiger partial charge < -0.3 is 10.2 Å². The number of rotatable bonds is 3. The molecule has 0 aliphatic rings. The lowest BCUT2D eigenvalue weighted by Gasteiger charge is -2.02. The first kappa shape index (κ1) is 9.91. The predicted octanol–water partition coefficient (Wildman–Crippen LogP) is -0.320. The Balaban J connectivity index is 3.17. The summed E-state index contributed by atoms with van der Waals surface area (Å²) in [5.41, 5.74) is -0.313. The molecule has 1 N–H and O–H groups in total. The third kappa shape index (κ3) is 1.95. The fourth-order valence-corrected chi connectivity index (χ4v) is 0.863. The van der Waals surface area contributed by atoms with E-state index in [-0.39, 0.29) is 17.0 Å². The second kappa shape index (κ2) is 4.18. The van der Waals surface area contributed by atoms with Crippen LogP contribution in [0.5, 0.6) is 0 Å². The zero-order valence-corrected chi connectivity index (χ0v) is 7.01. The Bertz CT molecular complexity index is 398. The number of carboxylic acid groups (broad SMARTS) is 1. The van der Waals surface area contributed by atoms with E-state index in [0.717, 1.165) is 0 Å². The van der Waals surface area contributed by atoms with E-state index in [1.807, 2.05) is 0 Å². The topological polar surface area (TPSA) is 90.3 Å². The standard InChI is InChI=1S/C9H7NO4/c11-4-6(5-12)7-2-1-3-8(10-7)9(13)14/h1-5,11H,(H,13,14)/p-1/b6-4-. The summed E-state index contributed by atoms with van der Waals surface area (Å²) in [6.45, 7) is 0. The van der Waals surface area contributed by atoms with Crippen LogP contribution in [0.15, 0.2) is 24.5 Å². The van der Waals surface area contributed by atoms with Gasteiger partial charge in [0.15, 0.2) is 6.29 Å². The van der Waals surface area contributed by atoms with Crippen LogP contribution in [0.4, 0.5) is 0 Å². The van der Waals surface area contributed by atoms with Crippen molar-refractivity contribution in [3.05, 3.63) is 35.8 Å². The molecule has 5 heteroatoms. The molecular formula is C9H6NO4-. The van der Waals surface area contributed by atoms with Crippen molar-refractivity contribution in [2.24, 2.45) is 0 Å². The van der Waals surface area contributed by atoms with Crippen LogP contribution in [0.1, 0.15) is 16.2 Å². The fraction of sp³-hybridized carbons (Fsp3) is 0. The van der Waals surface area contributed by atoms with Crippen LogP contribution in [0, 0.1) is 0 Å². The van der Waals surface area contributed by atoms with Crippen LogP contribution in [0.25, 0.3) is 5.57 Å². The summed E-state index contributed by atoms with van der Waals surface area (Å²) in [5, 5.41) is 19.0. The van der Waals surface area contributed by atoms with E-state index in [9.17, 15) is 14.7 Å². The molecule has 0 spiro atoms. The Labute approximate surface area is 79.3 Å². The maximum absolute atomic E-state index is 10.5. The van der Waals surface area contributed by atoms with Gasteiger partial charge in [0.25, 0.3) is 0 Å². The number of aromatic nitrogens is 1. The van der Waals surface area contributed by atoms with Gasteiger partial charge in [0.05, 0.1) is 5.69 Å². The molecule has 0 aliphatic carbocycles. The number of hydrogen-bond donors (Lipinski definition) is 1. The van der Waals surface area contributed by atoms with Gasteiger partial charge in [-0.25, -0.2) is 9.78 Å². The Morgan fingerprint density at radius 3 is 2.57 bits per heavy atom. The molecule has 72 valence electrons. The minimum absolute atomic E-state index is 0.0647. The van der Waals surface area contributed by atoms with Crippen molar-refractivity contribution in [1.82, 2.24) is 4.98 Å². The molecule has 0 radical (unpaired) electrons. The summed E-state index contributed by atoms with van der Waals surface area (Å²) >= 11 is 0. The number of carbonyl (C=O) groups is 2. The van der Waals surface area contributed by atoms with E-state index in [0.29, 0.717) is 12.5 Å². The first-order valence-corrected chi connectivity index (χ1v) is 3.67. The number of allylic oxidation sites excluding steroid dienone is 1. The lowest BCUT2D eigenvalue weighted by atomic mass is 10.2. The Hall–Kier alpha value is -2.17. The third-order valence-corrected chi connectivity index (χ3v) is 1.52. The Morgan fingerprint density at radius 2 is 2.07 bits per heavy atom.